The van der Waals surface area contributed by atoms with E-state index in [-0.39, 0.29) is 17.7 Å². The minimum Gasteiger partial charge on any atom is -0.347 e. The molecule has 30 heavy (non-hydrogen) atoms. The van der Waals surface area contributed by atoms with Crippen LogP contribution in [0.2, 0.25) is 0 Å². The van der Waals surface area contributed by atoms with Crippen LogP contribution < -0.4 is 4.90 Å². The molecule has 0 saturated heterocycles. The first kappa shape index (κ1) is 19.6. The summed E-state index contributed by atoms with van der Waals surface area (Å²) in [7, 11) is 1.99. The molecule has 4 rings (SSSR count). The molecule has 0 fully saturated rings. The number of aryl methyl sites for hydroxylation is 1. The minimum atomic E-state index is -0.255. The van der Waals surface area contributed by atoms with Crippen molar-refractivity contribution in [3.05, 3.63) is 77.3 Å². The Morgan fingerprint density at radius 3 is 2.53 bits per heavy atom. The average Bonchev–Trinajstić information content (AvgIpc) is 3.19. The number of carbonyl (C=O) groups excluding carboxylic acids is 1. The lowest BCUT2D eigenvalue weighted by Gasteiger charge is -2.24. The maximum absolute atomic E-state index is 13.0. The summed E-state index contributed by atoms with van der Waals surface area (Å²) in [5.74, 6) is 1.17. The van der Waals surface area contributed by atoms with E-state index in [1.165, 1.54) is 5.56 Å². The number of para-hydroxylation sites is 1. The molecule has 0 aliphatic carbocycles. The largest absolute Gasteiger partial charge is 0.347 e. The van der Waals surface area contributed by atoms with Crippen LogP contribution in [-0.4, -0.2) is 27.6 Å². The fraction of sp³-hybridized carbons (Fsp3) is 0.250. The van der Waals surface area contributed by atoms with Crippen molar-refractivity contribution in [1.82, 2.24) is 14.8 Å². The van der Waals surface area contributed by atoms with Crippen LogP contribution in [0.3, 0.4) is 0 Å². The molecule has 3 aromatic rings. The molecule has 150 valence electrons. The van der Waals surface area contributed by atoms with Crippen molar-refractivity contribution < 1.29 is 4.79 Å². The SMILES string of the molecule is Cc1nc(-c2ccc(C#N)cc2)n(CC(=O)/C=C2/N(C)c3ccccc3C2(C)C)n1. The number of carbonyl (C=O) groups is 1. The molecule has 6 heteroatoms. The van der Waals surface area contributed by atoms with Crippen LogP contribution in [0.15, 0.2) is 60.3 Å². The molecule has 0 amide bonds. The molecular weight excluding hydrogens is 374 g/mol. The van der Waals surface area contributed by atoms with Gasteiger partial charge in [-0.3, -0.25) is 4.79 Å². The normalized spacial score (nSPS) is 15.8. The molecule has 2 heterocycles. The summed E-state index contributed by atoms with van der Waals surface area (Å²) in [6.45, 7) is 6.17. The molecule has 0 bridgehead atoms. The number of rotatable bonds is 4. The quantitative estimate of drug-likeness (QED) is 0.622. The first-order chi connectivity index (χ1) is 14.3. The van der Waals surface area contributed by atoms with E-state index in [0.717, 1.165) is 16.9 Å². The molecule has 0 atom stereocenters. The van der Waals surface area contributed by atoms with Gasteiger partial charge in [0.05, 0.1) is 11.6 Å². The zero-order chi connectivity index (χ0) is 21.5. The lowest BCUT2D eigenvalue weighted by molar-refractivity contribution is -0.115. The van der Waals surface area contributed by atoms with Gasteiger partial charge in [-0.05, 0) is 42.8 Å². The highest BCUT2D eigenvalue weighted by molar-refractivity contribution is 5.92. The van der Waals surface area contributed by atoms with Crippen LogP contribution in [0.1, 0.15) is 30.8 Å². The molecule has 1 aromatic heterocycles. The van der Waals surface area contributed by atoms with Crippen LogP contribution >= 0.6 is 0 Å². The van der Waals surface area contributed by atoms with E-state index >= 15 is 0 Å². The van der Waals surface area contributed by atoms with Crippen molar-refractivity contribution in [2.75, 3.05) is 11.9 Å². The molecule has 0 radical (unpaired) electrons. The lowest BCUT2D eigenvalue weighted by Crippen LogP contribution is -2.25. The van der Waals surface area contributed by atoms with E-state index in [4.69, 9.17) is 5.26 Å². The highest BCUT2D eigenvalue weighted by Crippen LogP contribution is 2.46. The van der Waals surface area contributed by atoms with Crippen molar-refractivity contribution in [3.8, 4) is 17.5 Å². The number of ketones is 1. The van der Waals surface area contributed by atoms with E-state index in [1.54, 1.807) is 29.8 Å². The Kier molecular flexibility index (Phi) is 4.75. The van der Waals surface area contributed by atoms with Gasteiger partial charge in [0.25, 0.3) is 0 Å². The van der Waals surface area contributed by atoms with Gasteiger partial charge in [0.2, 0.25) is 0 Å². The number of nitrogens with zero attached hydrogens (tertiary/aromatic N) is 5. The van der Waals surface area contributed by atoms with Crippen molar-refractivity contribution in [2.45, 2.75) is 32.7 Å². The average molecular weight is 397 g/mol. The topological polar surface area (TPSA) is 74.8 Å². The van der Waals surface area contributed by atoms with Crippen LogP contribution in [0.5, 0.6) is 0 Å². The number of benzene rings is 2. The smallest absolute Gasteiger partial charge is 0.178 e. The predicted molar refractivity (Wildman–Crippen MR) is 116 cm³/mol. The number of nitriles is 1. The fourth-order valence-corrected chi connectivity index (χ4v) is 4.08. The summed E-state index contributed by atoms with van der Waals surface area (Å²) >= 11 is 0. The molecule has 0 saturated carbocycles. The zero-order valence-corrected chi connectivity index (χ0v) is 17.5. The van der Waals surface area contributed by atoms with E-state index in [2.05, 4.69) is 47.0 Å². The predicted octanol–water partition coefficient (Wildman–Crippen LogP) is 4.01. The van der Waals surface area contributed by atoms with Gasteiger partial charge >= 0.3 is 0 Å². The van der Waals surface area contributed by atoms with E-state index in [9.17, 15) is 4.79 Å². The van der Waals surface area contributed by atoms with Gasteiger partial charge in [-0.2, -0.15) is 10.4 Å². The van der Waals surface area contributed by atoms with E-state index in [1.807, 2.05) is 31.3 Å². The number of anilines is 1. The van der Waals surface area contributed by atoms with Gasteiger partial charge in [-0.15, -0.1) is 0 Å². The standard InChI is InChI=1S/C24H23N5O/c1-16-26-23(18-11-9-17(14-25)10-12-18)29(27-16)15-19(30)13-22-24(2,3)20-7-5-6-8-21(20)28(22)4/h5-13H,15H2,1-4H3/b22-13+. The molecule has 1 aliphatic rings. The van der Waals surface area contributed by atoms with Gasteiger partial charge in [-0.1, -0.05) is 32.0 Å². The summed E-state index contributed by atoms with van der Waals surface area (Å²) < 4.78 is 1.63. The molecule has 0 unspecified atom stereocenters. The number of likely N-dealkylation sites (N-methyl/N-ethyl adjacent to an activating group) is 1. The third-order valence-corrected chi connectivity index (χ3v) is 5.59. The Bertz CT molecular complexity index is 1200. The van der Waals surface area contributed by atoms with Crippen LogP contribution in [0.25, 0.3) is 11.4 Å². The second-order valence-electron chi connectivity index (χ2n) is 8.03. The Morgan fingerprint density at radius 1 is 1.17 bits per heavy atom. The fourth-order valence-electron chi connectivity index (χ4n) is 4.08. The highest BCUT2D eigenvalue weighted by atomic mass is 16.1. The van der Waals surface area contributed by atoms with Gasteiger partial charge in [0.15, 0.2) is 11.6 Å². The monoisotopic (exact) mass is 397 g/mol. The Balaban J connectivity index is 1.63. The molecular formula is C24H23N5O. The number of aromatic nitrogens is 3. The number of fused-ring (bicyclic) bond motifs is 1. The van der Waals surface area contributed by atoms with Crippen molar-refractivity contribution in [3.63, 3.8) is 0 Å². The molecule has 6 nitrogen and oxygen atoms in total. The third-order valence-electron chi connectivity index (χ3n) is 5.59. The number of allylic oxidation sites excluding steroid dienone is 2. The summed E-state index contributed by atoms with van der Waals surface area (Å²) in [6.07, 6.45) is 1.72. The summed E-state index contributed by atoms with van der Waals surface area (Å²) in [5.41, 5.74) is 4.44. The second kappa shape index (κ2) is 7.27. The summed E-state index contributed by atoms with van der Waals surface area (Å²) in [6, 6.07) is 17.5. The maximum Gasteiger partial charge on any atom is 0.178 e. The molecule has 0 N–H and O–H groups in total. The zero-order valence-electron chi connectivity index (χ0n) is 17.5. The first-order valence-electron chi connectivity index (χ1n) is 9.81. The van der Waals surface area contributed by atoms with Gasteiger partial charge in [0.1, 0.15) is 12.4 Å². The van der Waals surface area contributed by atoms with Crippen LogP contribution in [0.4, 0.5) is 5.69 Å². The van der Waals surface area contributed by atoms with Crippen molar-refractivity contribution in [2.24, 2.45) is 0 Å². The van der Waals surface area contributed by atoms with E-state index in [0.29, 0.717) is 17.2 Å². The van der Waals surface area contributed by atoms with E-state index < -0.39 is 0 Å². The van der Waals surface area contributed by atoms with Gasteiger partial charge in [-0.25, -0.2) is 9.67 Å². The van der Waals surface area contributed by atoms with Crippen LogP contribution in [0, 0.1) is 18.3 Å². The Hall–Kier alpha value is -3.72. The number of hydrogen-bond acceptors (Lipinski definition) is 5. The second-order valence-corrected chi connectivity index (χ2v) is 8.03. The maximum atomic E-state index is 13.0. The lowest BCUT2D eigenvalue weighted by atomic mass is 9.83. The molecule has 2 aromatic carbocycles. The van der Waals surface area contributed by atoms with Crippen molar-refractivity contribution in [1.29, 1.82) is 5.26 Å². The summed E-state index contributed by atoms with van der Waals surface area (Å²) in [4.78, 5) is 19.6. The number of hydrogen-bond donors (Lipinski definition) is 0. The van der Waals surface area contributed by atoms with Gasteiger partial charge < -0.3 is 4.90 Å². The third kappa shape index (κ3) is 3.29. The molecule has 0 spiro atoms. The van der Waals surface area contributed by atoms with Gasteiger partial charge in [0, 0.05) is 35.5 Å². The van der Waals surface area contributed by atoms with Crippen LogP contribution in [-0.2, 0) is 16.8 Å². The Morgan fingerprint density at radius 2 is 1.87 bits per heavy atom. The first-order valence-corrected chi connectivity index (χ1v) is 9.81. The van der Waals surface area contributed by atoms with Crippen molar-refractivity contribution >= 4 is 11.5 Å². The molecule has 1 aliphatic heterocycles. The Labute approximate surface area is 176 Å². The minimum absolute atomic E-state index is 0.0440. The summed E-state index contributed by atoms with van der Waals surface area (Å²) in [5, 5.41) is 13.4. The highest BCUT2D eigenvalue weighted by Gasteiger charge is 2.38.